The average molecular weight is 231 g/mol. The molecule has 1 aliphatic heterocycles. The lowest BCUT2D eigenvalue weighted by Crippen LogP contribution is -2.43. The molecule has 4 nitrogen and oxygen atoms in total. The van der Waals surface area contributed by atoms with Crippen molar-refractivity contribution >= 4 is 17.7 Å². The molecule has 1 saturated heterocycles. The Labute approximate surface area is 101 Å². The van der Waals surface area contributed by atoms with Gasteiger partial charge in [0.15, 0.2) is 0 Å². The number of nitrogens with one attached hydrogen (secondary N) is 1. The van der Waals surface area contributed by atoms with E-state index in [1.54, 1.807) is 6.08 Å². The van der Waals surface area contributed by atoms with E-state index in [1.165, 1.54) is 6.08 Å². The van der Waals surface area contributed by atoms with Gasteiger partial charge in [-0.05, 0) is 17.7 Å². The molecule has 0 aliphatic carbocycles. The number of carbonyl (C=O) groups excluding carboxylic acids is 1. The number of benzene rings is 1. The second-order valence-electron chi connectivity index (χ2n) is 4.03. The quantitative estimate of drug-likeness (QED) is 0.749. The van der Waals surface area contributed by atoms with Gasteiger partial charge < -0.3 is 16.0 Å². The predicted molar refractivity (Wildman–Crippen MR) is 69.8 cm³/mol. The Morgan fingerprint density at radius 3 is 2.71 bits per heavy atom. The summed E-state index contributed by atoms with van der Waals surface area (Å²) in [7, 11) is 0. The Morgan fingerprint density at radius 2 is 2.00 bits per heavy atom. The first-order chi connectivity index (χ1) is 8.27. The van der Waals surface area contributed by atoms with Gasteiger partial charge in [0.25, 0.3) is 0 Å². The second-order valence-corrected chi connectivity index (χ2v) is 4.03. The lowest BCUT2D eigenvalue weighted by atomic mass is 10.1. The minimum absolute atomic E-state index is 0.417. The summed E-state index contributed by atoms with van der Waals surface area (Å²) >= 11 is 0. The highest BCUT2D eigenvalue weighted by atomic mass is 16.1. The van der Waals surface area contributed by atoms with E-state index in [2.05, 4.69) is 16.3 Å². The van der Waals surface area contributed by atoms with E-state index in [4.69, 9.17) is 5.73 Å². The van der Waals surface area contributed by atoms with Gasteiger partial charge in [0.05, 0.1) is 0 Å². The third kappa shape index (κ3) is 3.07. The van der Waals surface area contributed by atoms with E-state index >= 15 is 0 Å². The van der Waals surface area contributed by atoms with Gasteiger partial charge in [0.2, 0.25) is 5.91 Å². The smallest absolute Gasteiger partial charge is 0.241 e. The van der Waals surface area contributed by atoms with Crippen LogP contribution in [-0.4, -0.2) is 32.1 Å². The van der Waals surface area contributed by atoms with E-state index in [9.17, 15) is 4.79 Å². The van der Waals surface area contributed by atoms with Crippen molar-refractivity contribution in [2.24, 2.45) is 5.73 Å². The number of hydrogen-bond acceptors (Lipinski definition) is 3. The molecule has 0 spiro atoms. The molecule has 0 saturated carbocycles. The van der Waals surface area contributed by atoms with Crippen LogP contribution in [0.5, 0.6) is 0 Å². The van der Waals surface area contributed by atoms with Gasteiger partial charge in [-0.2, -0.15) is 0 Å². The van der Waals surface area contributed by atoms with Crippen LogP contribution in [0.2, 0.25) is 0 Å². The van der Waals surface area contributed by atoms with Crippen LogP contribution in [0.25, 0.3) is 6.08 Å². The van der Waals surface area contributed by atoms with E-state index in [0.717, 1.165) is 37.4 Å². The highest BCUT2D eigenvalue weighted by molar-refractivity contribution is 5.91. The fourth-order valence-electron chi connectivity index (χ4n) is 1.99. The highest BCUT2D eigenvalue weighted by Crippen LogP contribution is 2.21. The molecule has 3 N–H and O–H groups in total. The number of anilines is 1. The molecule has 1 fully saturated rings. The van der Waals surface area contributed by atoms with E-state index in [1.807, 2.05) is 18.2 Å². The van der Waals surface area contributed by atoms with Gasteiger partial charge in [-0.25, -0.2) is 0 Å². The summed E-state index contributed by atoms with van der Waals surface area (Å²) in [5.41, 5.74) is 7.31. The molecule has 4 heteroatoms. The lowest BCUT2D eigenvalue weighted by Gasteiger charge is -2.30. The zero-order valence-corrected chi connectivity index (χ0v) is 9.73. The first-order valence-corrected chi connectivity index (χ1v) is 5.79. The number of primary amides is 1. The maximum absolute atomic E-state index is 10.8. The molecule has 1 amide bonds. The highest BCUT2D eigenvalue weighted by Gasteiger charge is 2.12. The molecule has 17 heavy (non-hydrogen) atoms. The molecule has 1 heterocycles. The van der Waals surface area contributed by atoms with Crippen molar-refractivity contribution in [3.8, 4) is 0 Å². The SMILES string of the molecule is NC(=O)/C=C\c1ccccc1N1CCNCC1. The molecule has 1 aromatic rings. The first kappa shape index (κ1) is 11.7. The van der Waals surface area contributed by atoms with Gasteiger partial charge in [0.1, 0.15) is 0 Å². The van der Waals surface area contributed by atoms with Gasteiger partial charge in [-0.15, -0.1) is 0 Å². The maximum atomic E-state index is 10.8. The van der Waals surface area contributed by atoms with Crippen molar-refractivity contribution in [2.45, 2.75) is 0 Å². The summed E-state index contributed by atoms with van der Waals surface area (Å²) in [6.07, 6.45) is 3.18. The largest absolute Gasteiger partial charge is 0.369 e. The Hall–Kier alpha value is -1.81. The average Bonchev–Trinajstić information content (AvgIpc) is 2.38. The van der Waals surface area contributed by atoms with Crippen molar-refractivity contribution in [3.63, 3.8) is 0 Å². The van der Waals surface area contributed by atoms with Crippen LogP contribution in [0, 0.1) is 0 Å². The molecule has 0 radical (unpaired) electrons. The second kappa shape index (κ2) is 5.50. The van der Waals surface area contributed by atoms with Crippen LogP contribution in [-0.2, 0) is 4.79 Å². The standard InChI is InChI=1S/C13H17N3O/c14-13(17)6-5-11-3-1-2-4-12(11)16-9-7-15-8-10-16/h1-6,15H,7-10H2,(H2,14,17)/b6-5-. The molecule has 1 aliphatic rings. The zero-order valence-electron chi connectivity index (χ0n) is 9.73. The minimum Gasteiger partial charge on any atom is -0.369 e. The Bertz CT molecular complexity index is 422. The molecule has 0 bridgehead atoms. The number of hydrogen-bond donors (Lipinski definition) is 2. The number of nitrogens with zero attached hydrogens (tertiary/aromatic N) is 1. The van der Waals surface area contributed by atoms with Gasteiger partial charge in [-0.3, -0.25) is 4.79 Å². The van der Waals surface area contributed by atoms with Crippen molar-refractivity contribution < 1.29 is 4.79 Å². The third-order valence-electron chi connectivity index (χ3n) is 2.82. The van der Waals surface area contributed by atoms with Gasteiger partial charge in [0, 0.05) is 37.9 Å². The first-order valence-electron chi connectivity index (χ1n) is 5.79. The van der Waals surface area contributed by atoms with Crippen LogP contribution < -0.4 is 16.0 Å². The maximum Gasteiger partial charge on any atom is 0.241 e. The summed E-state index contributed by atoms with van der Waals surface area (Å²) in [6.45, 7) is 3.96. The Kier molecular flexibility index (Phi) is 3.77. The molecular formula is C13H17N3O. The number of carbonyl (C=O) groups is 1. The summed E-state index contributed by atoms with van der Waals surface area (Å²) in [5, 5.41) is 3.32. The zero-order chi connectivity index (χ0) is 12.1. The topological polar surface area (TPSA) is 58.4 Å². The number of para-hydroxylation sites is 1. The van der Waals surface area contributed by atoms with Crippen LogP contribution in [0.1, 0.15) is 5.56 Å². The Balaban J connectivity index is 2.23. The summed E-state index contributed by atoms with van der Waals surface area (Å²) in [6, 6.07) is 8.05. The number of nitrogens with two attached hydrogens (primary N) is 1. The molecule has 0 atom stereocenters. The third-order valence-corrected chi connectivity index (χ3v) is 2.82. The van der Waals surface area contributed by atoms with Crippen molar-refractivity contribution in [3.05, 3.63) is 35.9 Å². The van der Waals surface area contributed by atoms with Crippen molar-refractivity contribution in [1.29, 1.82) is 0 Å². The van der Waals surface area contributed by atoms with E-state index < -0.39 is 5.91 Å². The van der Waals surface area contributed by atoms with E-state index in [0.29, 0.717) is 0 Å². The normalized spacial score (nSPS) is 16.4. The lowest BCUT2D eigenvalue weighted by molar-refractivity contribution is -0.113. The van der Waals surface area contributed by atoms with E-state index in [-0.39, 0.29) is 0 Å². The van der Waals surface area contributed by atoms with Crippen molar-refractivity contribution in [2.75, 3.05) is 31.1 Å². The molecule has 1 aromatic carbocycles. The minimum atomic E-state index is -0.417. The van der Waals surface area contributed by atoms with Crippen LogP contribution in [0.4, 0.5) is 5.69 Å². The molecule has 2 rings (SSSR count). The monoisotopic (exact) mass is 231 g/mol. The van der Waals surface area contributed by atoms with Crippen molar-refractivity contribution in [1.82, 2.24) is 5.32 Å². The molecule has 0 aromatic heterocycles. The fourth-order valence-corrected chi connectivity index (χ4v) is 1.99. The summed E-state index contributed by atoms with van der Waals surface area (Å²) in [4.78, 5) is 13.1. The molecule has 0 unspecified atom stereocenters. The summed E-state index contributed by atoms with van der Waals surface area (Å²) < 4.78 is 0. The van der Waals surface area contributed by atoms with Crippen LogP contribution >= 0.6 is 0 Å². The summed E-state index contributed by atoms with van der Waals surface area (Å²) in [5.74, 6) is -0.417. The van der Waals surface area contributed by atoms with Crippen LogP contribution in [0.15, 0.2) is 30.3 Å². The number of amides is 1. The molecular weight excluding hydrogens is 214 g/mol. The van der Waals surface area contributed by atoms with Gasteiger partial charge in [-0.1, -0.05) is 18.2 Å². The number of piperazine rings is 1. The molecule has 90 valence electrons. The van der Waals surface area contributed by atoms with Gasteiger partial charge >= 0.3 is 0 Å². The Morgan fingerprint density at radius 1 is 1.29 bits per heavy atom. The van der Waals surface area contributed by atoms with Crippen LogP contribution in [0.3, 0.4) is 0 Å². The predicted octanol–water partition coefficient (Wildman–Crippen LogP) is 0.595. The number of rotatable bonds is 3. The fraction of sp³-hybridized carbons (Fsp3) is 0.308.